The molecule has 90 valence electrons. The van der Waals surface area contributed by atoms with Gasteiger partial charge < -0.3 is 10.1 Å². The van der Waals surface area contributed by atoms with Crippen molar-refractivity contribution in [3.63, 3.8) is 0 Å². The van der Waals surface area contributed by atoms with Crippen molar-refractivity contribution in [1.82, 2.24) is 20.1 Å². The molecule has 1 aromatic heterocycles. The normalized spacial score (nSPS) is 17.4. The zero-order valence-corrected chi connectivity index (χ0v) is 10.0. The van der Waals surface area contributed by atoms with Gasteiger partial charge in [-0.2, -0.15) is 4.98 Å². The summed E-state index contributed by atoms with van der Waals surface area (Å²) >= 11 is 0. The van der Waals surface area contributed by atoms with Crippen molar-refractivity contribution in [3.05, 3.63) is 6.33 Å². The Labute approximate surface area is 96.2 Å². The Hall–Kier alpha value is -1.10. The highest BCUT2D eigenvalue weighted by molar-refractivity contribution is 4.88. The fraction of sp³-hybridized carbons (Fsp3) is 0.818. The molecule has 1 N–H and O–H groups in total. The Bertz CT molecular complexity index is 322. The molecular weight excluding hydrogens is 204 g/mol. The molecule has 0 spiro atoms. The molecule has 0 saturated heterocycles. The zero-order valence-electron chi connectivity index (χ0n) is 10.0. The van der Waals surface area contributed by atoms with E-state index in [9.17, 15) is 0 Å². The predicted molar refractivity (Wildman–Crippen MR) is 61.4 cm³/mol. The van der Waals surface area contributed by atoms with Crippen molar-refractivity contribution in [2.75, 3.05) is 6.54 Å². The predicted octanol–water partition coefficient (Wildman–Crippen LogP) is 1.11. The van der Waals surface area contributed by atoms with Crippen molar-refractivity contribution in [1.29, 1.82) is 0 Å². The minimum Gasteiger partial charge on any atom is -0.459 e. The number of aromatic nitrogens is 3. The maximum Gasteiger partial charge on any atom is 0.335 e. The van der Waals surface area contributed by atoms with Gasteiger partial charge in [0, 0.05) is 13.1 Å². The standard InChI is InChI=1S/C11H20N4O/c1-9(4-3-7-12-10-5-6-10)16-11-13-8-15(2)14-11/h8-10,12H,3-7H2,1-2H3. The van der Waals surface area contributed by atoms with Crippen LogP contribution in [0.25, 0.3) is 0 Å². The zero-order chi connectivity index (χ0) is 11.4. The fourth-order valence-electron chi connectivity index (χ4n) is 1.60. The molecule has 0 radical (unpaired) electrons. The monoisotopic (exact) mass is 224 g/mol. The molecule has 0 aromatic carbocycles. The van der Waals surface area contributed by atoms with Gasteiger partial charge in [-0.1, -0.05) is 0 Å². The molecular formula is C11H20N4O. The summed E-state index contributed by atoms with van der Waals surface area (Å²) in [5.41, 5.74) is 0. The van der Waals surface area contributed by atoms with E-state index in [0.717, 1.165) is 25.4 Å². The van der Waals surface area contributed by atoms with Crippen LogP contribution in [0.15, 0.2) is 6.33 Å². The van der Waals surface area contributed by atoms with E-state index >= 15 is 0 Å². The molecule has 1 heterocycles. The number of hydrogen-bond acceptors (Lipinski definition) is 4. The van der Waals surface area contributed by atoms with Gasteiger partial charge in [0.15, 0.2) is 0 Å². The van der Waals surface area contributed by atoms with E-state index in [1.54, 1.807) is 11.0 Å². The minimum atomic E-state index is 0.184. The van der Waals surface area contributed by atoms with Gasteiger partial charge in [-0.3, -0.25) is 4.68 Å². The smallest absolute Gasteiger partial charge is 0.335 e. The van der Waals surface area contributed by atoms with Crippen LogP contribution in [-0.2, 0) is 7.05 Å². The molecule has 1 aliphatic rings. The van der Waals surface area contributed by atoms with Gasteiger partial charge in [-0.25, -0.2) is 0 Å². The SMILES string of the molecule is CC(CCCNC1CC1)Oc1ncn(C)n1. The third-order valence-corrected chi connectivity index (χ3v) is 2.68. The van der Waals surface area contributed by atoms with Crippen molar-refractivity contribution < 1.29 is 4.74 Å². The van der Waals surface area contributed by atoms with Gasteiger partial charge in [0.25, 0.3) is 0 Å². The highest BCUT2D eigenvalue weighted by atomic mass is 16.5. The molecule has 1 saturated carbocycles. The van der Waals surface area contributed by atoms with E-state index < -0.39 is 0 Å². The van der Waals surface area contributed by atoms with E-state index in [4.69, 9.17) is 4.74 Å². The first-order chi connectivity index (χ1) is 7.74. The average molecular weight is 224 g/mol. The first kappa shape index (κ1) is 11.4. The van der Waals surface area contributed by atoms with Crippen LogP contribution in [0.1, 0.15) is 32.6 Å². The Morgan fingerprint density at radius 3 is 3.06 bits per heavy atom. The molecule has 0 aliphatic heterocycles. The van der Waals surface area contributed by atoms with Crippen molar-refractivity contribution in [3.8, 4) is 6.01 Å². The summed E-state index contributed by atoms with van der Waals surface area (Å²) in [5, 5.41) is 7.57. The summed E-state index contributed by atoms with van der Waals surface area (Å²) in [4.78, 5) is 4.04. The molecule has 1 atom stereocenters. The van der Waals surface area contributed by atoms with Crippen molar-refractivity contribution in [2.45, 2.75) is 44.8 Å². The third kappa shape index (κ3) is 3.81. The van der Waals surface area contributed by atoms with E-state index in [0.29, 0.717) is 6.01 Å². The van der Waals surface area contributed by atoms with Gasteiger partial charge in [0.05, 0.1) is 6.10 Å². The van der Waals surface area contributed by atoms with E-state index in [-0.39, 0.29) is 6.10 Å². The Morgan fingerprint density at radius 1 is 1.62 bits per heavy atom. The van der Waals surface area contributed by atoms with Crippen LogP contribution in [0, 0.1) is 0 Å². The van der Waals surface area contributed by atoms with E-state index in [1.807, 2.05) is 7.05 Å². The van der Waals surface area contributed by atoms with Gasteiger partial charge >= 0.3 is 6.01 Å². The average Bonchev–Trinajstić information content (AvgIpc) is 2.98. The van der Waals surface area contributed by atoms with Crippen LogP contribution < -0.4 is 10.1 Å². The topological polar surface area (TPSA) is 52.0 Å². The first-order valence-corrected chi connectivity index (χ1v) is 5.99. The summed E-state index contributed by atoms with van der Waals surface area (Å²) in [7, 11) is 1.84. The van der Waals surface area contributed by atoms with E-state index in [2.05, 4.69) is 22.3 Å². The van der Waals surface area contributed by atoms with Crippen LogP contribution in [0.5, 0.6) is 6.01 Å². The molecule has 0 amide bonds. The summed E-state index contributed by atoms with van der Waals surface area (Å²) in [6.45, 7) is 3.15. The number of nitrogens with zero attached hydrogens (tertiary/aromatic N) is 3. The maximum atomic E-state index is 5.59. The lowest BCUT2D eigenvalue weighted by Gasteiger charge is -2.11. The lowest BCUT2D eigenvalue weighted by atomic mass is 10.2. The summed E-state index contributed by atoms with van der Waals surface area (Å²) in [6, 6.07) is 1.28. The number of ether oxygens (including phenoxy) is 1. The highest BCUT2D eigenvalue weighted by Crippen LogP contribution is 2.18. The molecule has 1 unspecified atom stereocenters. The number of aryl methyl sites for hydroxylation is 1. The number of nitrogens with one attached hydrogen (secondary N) is 1. The molecule has 1 fully saturated rings. The molecule has 0 bridgehead atoms. The summed E-state index contributed by atoms with van der Waals surface area (Å²) in [6.07, 6.45) is 6.72. The van der Waals surface area contributed by atoms with Crippen molar-refractivity contribution in [2.24, 2.45) is 7.05 Å². The second-order valence-corrected chi connectivity index (χ2v) is 4.50. The Kier molecular flexibility index (Phi) is 3.77. The van der Waals surface area contributed by atoms with Gasteiger partial charge in [-0.05, 0) is 39.2 Å². The van der Waals surface area contributed by atoms with Gasteiger partial charge in [-0.15, -0.1) is 5.10 Å². The van der Waals surface area contributed by atoms with Crippen LogP contribution in [0.3, 0.4) is 0 Å². The second kappa shape index (κ2) is 5.30. The minimum absolute atomic E-state index is 0.184. The van der Waals surface area contributed by atoms with Crippen LogP contribution in [-0.4, -0.2) is 33.5 Å². The van der Waals surface area contributed by atoms with Gasteiger partial charge in [0.1, 0.15) is 6.33 Å². The largest absolute Gasteiger partial charge is 0.459 e. The Balaban J connectivity index is 1.57. The molecule has 2 rings (SSSR count). The van der Waals surface area contributed by atoms with E-state index in [1.165, 1.54) is 12.8 Å². The third-order valence-electron chi connectivity index (χ3n) is 2.68. The quantitative estimate of drug-likeness (QED) is 0.705. The molecule has 1 aromatic rings. The molecule has 5 nitrogen and oxygen atoms in total. The summed E-state index contributed by atoms with van der Waals surface area (Å²) in [5.74, 6) is 0. The second-order valence-electron chi connectivity index (χ2n) is 4.50. The molecule has 16 heavy (non-hydrogen) atoms. The maximum absolute atomic E-state index is 5.59. The molecule has 1 aliphatic carbocycles. The van der Waals surface area contributed by atoms with Crippen LogP contribution >= 0.6 is 0 Å². The van der Waals surface area contributed by atoms with Gasteiger partial charge in [0.2, 0.25) is 0 Å². The first-order valence-electron chi connectivity index (χ1n) is 5.99. The number of rotatable bonds is 7. The highest BCUT2D eigenvalue weighted by Gasteiger charge is 2.19. The van der Waals surface area contributed by atoms with Crippen molar-refractivity contribution >= 4 is 0 Å². The fourth-order valence-corrected chi connectivity index (χ4v) is 1.60. The lowest BCUT2D eigenvalue weighted by molar-refractivity contribution is 0.190. The van der Waals surface area contributed by atoms with Crippen LogP contribution in [0.2, 0.25) is 0 Å². The van der Waals surface area contributed by atoms with Crippen LogP contribution in [0.4, 0.5) is 0 Å². The summed E-state index contributed by atoms with van der Waals surface area (Å²) < 4.78 is 7.24. The number of hydrogen-bond donors (Lipinski definition) is 1. The molecule has 5 heteroatoms. The Morgan fingerprint density at radius 2 is 2.44 bits per heavy atom. The lowest BCUT2D eigenvalue weighted by Crippen LogP contribution is -2.20.